The summed E-state index contributed by atoms with van der Waals surface area (Å²) < 4.78 is 3.08. The molecule has 0 radical (unpaired) electrons. The Hall–Kier alpha value is -0.840. The van der Waals surface area contributed by atoms with Gasteiger partial charge in [-0.25, -0.2) is 4.98 Å². The second-order valence-corrected chi connectivity index (χ2v) is 9.06. The Bertz CT molecular complexity index is 751. The van der Waals surface area contributed by atoms with E-state index in [2.05, 4.69) is 55.8 Å². The summed E-state index contributed by atoms with van der Waals surface area (Å²) in [4.78, 5) is 15.1. The zero-order valence-electron chi connectivity index (χ0n) is 16.8. The number of piperazine rings is 1. The molecule has 0 amide bonds. The number of rotatable bonds is 6. The smallest absolute Gasteiger partial charge is 0.194 e. The minimum absolute atomic E-state index is 0. The van der Waals surface area contributed by atoms with Crippen LogP contribution in [0.25, 0.3) is 0 Å². The van der Waals surface area contributed by atoms with Gasteiger partial charge in [0.1, 0.15) is 5.82 Å². The van der Waals surface area contributed by atoms with Crippen LogP contribution in [-0.4, -0.2) is 58.5 Å². The van der Waals surface area contributed by atoms with Crippen molar-refractivity contribution in [3.05, 3.63) is 39.6 Å². The molecule has 0 aromatic carbocycles. The molecule has 1 N–H and O–H groups in total. The van der Waals surface area contributed by atoms with Crippen molar-refractivity contribution in [3.63, 3.8) is 0 Å². The molecule has 6 nitrogen and oxygen atoms in total. The van der Waals surface area contributed by atoms with Gasteiger partial charge in [0.25, 0.3) is 0 Å². The van der Waals surface area contributed by atoms with Gasteiger partial charge in [-0.15, -0.1) is 35.3 Å². The van der Waals surface area contributed by atoms with E-state index in [0.29, 0.717) is 12.5 Å². The van der Waals surface area contributed by atoms with Gasteiger partial charge in [-0.1, -0.05) is 25.4 Å². The number of nitrogens with zero attached hydrogens (tertiary/aromatic N) is 5. The van der Waals surface area contributed by atoms with E-state index in [4.69, 9.17) is 11.6 Å². The third-order valence-corrected chi connectivity index (χ3v) is 5.88. The number of imidazole rings is 1. The van der Waals surface area contributed by atoms with E-state index in [1.54, 1.807) is 11.3 Å². The Morgan fingerprint density at radius 2 is 2.04 bits per heavy atom. The summed E-state index contributed by atoms with van der Waals surface area (Å²) in [7, 11) is 1.85. The quantitative estimate of drug-likeness (QED) is 0.347. The average Bonchev–Trinajstić information content (AvgIpc) is 3.25. The monoisotopic (exact) mass is 536 g/mol. The Morgan fingerprint density at radius 3 is 2.64 bits per heavy atom. The van der Waals surface area contributed by atoms with E-state index in [9.17, 15) is 0 Å². The number of aromatic nitrogens is 2. The van der Waals surface area contributed by atoms with Crippen LogP contribution in [0.3, 0.4) is 0 Å². The molecule has 0 saturated carbocycles. The molecule has 28 heavy (non-hydrogen) atoms. The standard InChI is InChI=1S/C19H29ClN6S.HI/c1-15(2)13-26-7-6-22-18(26)12-23-19(21-3)25-10-8-24(9-11-25)14-16-4-5-17(20)27-16;/h4-7,15H,8-14H2,1-3H3,(H,21,23);1H. The molecule has 0 aliphatic carbocycles. The minimum Gasteiger partial charge on any atom is -0.349 e. The molecule has 0 bridgehead atoms. The highest BCUT2D eigenvalue weighted by Crippen LogP contribution is 2.23. The van der Waals surface area contributed by atoms with Gasteiger partial charge in [0, 0.05) is 63.6 Å². The van der Waals surface area contributed by atoms with Crippen molar-refractivity contribution >= 4 is 52.9 Å². The largest absolute Gasteiger partial charge is 0.349 e. The molecule has 3 heterocycles. The second kappa shape index (κ2) is 11.4. The van der Waals surface area contributed by atoms with Crippen LogP contribution in [0.1, 0.15) is 24.5 Å². The number of aliphatic imine (C=N–C) groups is 1. The first-order chi connectivity index (χ1) is 13.0. The Morgan fingerprint density at radius 1 is 1.29 bits per heavy atom. The summed E-state index contributed by atoms with van der Waals surface area (Å²) in [5.74, 6) is 2.61. The molecule has 1 fully saturated rings. The molecule has 2 aromatic rings. The van der Waals surface area contributed by atoms with Gasteiger partial charge in [0.15, 0.2) is 5.96 Å². The molecule has 0 atom stereocenters. The van der Waals surface area contributed by atoms with Crippen LogP contribution in [0, 0.1) is 5.92 Å². The maximum Gasteiger partial charge on any atom is 0.194 e. The van der Waals surface area contributed by atoms with Crippen molar-refractivity contribution in [2.24, 2.45) is 10.9 Å². The molecule has 1 saturated heterocycles. The number of nitrogens with one attached hydrogen (secondary N) is 1. The van der Waals surface area contributed by atoms with Crippen molar-refractivity contribution in [2.45, 2.75) is 33.5 Å². The zero-order chi connectivity index (χ0) is 19.2. The van der Waals surface area contributed by atoms with Crippen molar-refractivity contribution < 1.29 is 0 Å². The number of guanidine groups is 1. The lowest BCUT2D eigenvalue weighted by atomic mass is 10.2. The third kappa shape index (κ3) is 6.60. The summed E-state index contributed by atoms with van der Waals surface area (Å²) >= 11 is 7.71. The first kappa shape index (κ1) is 23.4. The summed E-state index contributed by atoms with van der Waals surface area (Å²) in [5.41, 5.74) is 0. The van der Waals surface area contributed by atoms with E-state index < -0.39 is 0 Å². The van der Waals surface area contributed by atoms with Crippen LogP contribution in [0.15, 0.2) is 29.5 Å². The molecule has 156 valence electrons. The van der Waals surface area contributed by atoms with E-state index in [1.807, 2.05) is 19.3 Å². The predicted octanol–water partition coefficient (Wildman–Crippen LogP) is 3.77. The van der Waals surface area contributed by atoms with Gasteiger partial charge < -0.3 is 14.8 Å². The van der Waals surface area contributed by atoms with Crippen LogP contribution >= 0.6 is 46.9 Å². The fourth-order valence-corrected chi connectivity index (χ4v) is 4.46. The van der Waals surface area contributed by atoms with E-state index in [-0.39, 0.29) is 24.0 Å². The van der Waals surface area contributed by atoms with Crippen LogP contribution in [0.2, 0.25) is 4.34 Å². The van der Waals surface area contributed by atoms with Gasteiger partial charge in [0.05, 0.1) is 10.9 Å². The molecule has 1 aliphatic rings. The molecule has 0 spiro atoms. The number of thiophene rings is 1. The zero-order valence-corrected chi connectivity index (χ0v) is 20.7. The maximum atomic E-state index is 6.04. The first-order valence-corrected chi connectivity index (χ1v) is 10.7. The summed E-state index contributed by atoms with van der Waals surface area (Å²) in [5, 5.41) is 3.48. The fourth-order valence-electron chi connectivity index (χ4n) is 3.33. The topological polar surface area (TPSA) is 48.7 Å². The number of halogens is 2. The molecule has 0 unspecified atom stereocenters. The SMILES string of the molecule is CN=C(NCc1nccn1CC(C)C)N1CCN(Cc2ccc(Cl)s2)CC1.I. The fraction of sp³-hybridized carbons (Fsp3) is 0.579. The normalized spacial score (nSPS) is 15.8. The predicted molar refractivity (Wildman–Crippen MR) is 129 cm³/mol. The second-order valence-electron chi connectivity index (χ2n) is 7.26. The van der Waals surface area contributed by atoms with Crippen molar-refractivity contribution in [1.82, 2.24) is 24.7 Å². The lowest BCUT2D eigenvalue weighted by Gasteiger charge is -2.36. The summed E-state index contributed by atoms with van der Waals surface area (Å²) in [6, 6.07) is 4.10. The van der Waals surface area contributed by atoms with Gasteiger partial charge in [-0.05, 0) is 18.1 Å². The average molecular weight is 537 g/mol. The molecular weight excluding hydrogens is 507 g/mol. The van der Waals surface area contributed by atoms with Crippen molar-refractivity contribution in [3.8, 4) is 0 Å². The highest BCUT2D eigenvalue weighted by Gasteiger charge is 2.20. The molecule has 2 aromatic heterocycles. The Labute approximate surface area is 194 Å². The highest BCUT2D eigenvalue weighted by atomic mass is 127. The summed E-state index contributed by atoms with van der Waals surface area (Å²) in [6.07, 6.45) is 3.92. The van der Waals surface area contributed by atoms with Crippen molar-refractivity contribution in [2.75, 3.05) is 33.2 Å². The maximum absolute atomic E-state index is 6.04. The van der Waals surface area contributed by atoms with Crippen LogP contribution in [-0.2, 0) is 19.6 Å². The highest BCUT2D eigenvalue weighted by molar-refractivity contribution is 14.0. The number of hydrogen-bond acceptors (Lipinski definition) is 4. The minimum atomic E-state index is 0. The number of hydrogen-bond donors (Lipinski definition) is 1. The van der Waals surface area contributed by atoms with Crippen LogP contribution < -0.4 is 5.32 Å². The van der Waals surface area contributed by atoms with Crippen LogP contribution in [0.5, 0.6) is 0 Å². The van der Waals surface area contributed by atoms with E-state index in [1.165, 1.54) is 4.88 Å². The lowest BCUT2D eigenvalue weighted by Crippen LogP contribution is -2.52. The lowest BCUT2D eigenvalue weighted by molar-refractivity contribution is 0.173. The first-order valence-electron chi connectivity index (χ1n) is 9.47. The summed E-state index contributed by atoms with van der Waals surface area (Å²) in [6.45, 7) is 11.1. The molecular formula is C19H30ClIN6S. The van der Waals surface area contributed by atoms with Gasteiger partial charge >= 0.3 is 0 Å². The molecule has 3 rings (SSSR count). The Balaban J connectivity index is 0.00000280. The van der Waals surface area contributed by atoms with E-state index >= 15 is 0 Å². The molecule has 9 heteroatoms. The van der Waals surface area contributed by atoms with Crippen molar-refractivity contribution in [1.29, 1.82) is 0 Å². The van der Waals surface area contributed by atoms with Gasteiger partial charge in [-0.2, -0.15) is 0 Å². The van der Waals surface area contributed by atoms with Gasteiger partial charge in [-0.3, -0.25) is 9.89 Å². The van der Waals surface area contributed by atoms with E-state index in [0.717, 1.165) is 55.4 Å². The van der Waals surface area contributed by atoms with Gasteiger partial charge in [0.2, 0.25) is 0 Å². The Kier molecular flexibility index (Phi) is 9.52. The molecule has 1 aliphatic heterocycles. The van der Waals surface area contributed by atoms with Crippen LogP contribution in [0.4, 0.5) is 0 Å². The third-order valence-electron chi connectivity index (χ3n) is 4.66.